The molecule has 0 aromatic heterocycles. The van der Waals surface area contributed by atoms with Crippen LogP contribution in [0.25, 0.3) is 0 Å². The predicted molar refractivity (Wildman–Crippen MR) is 112 cm³/mol. The second kappa shape index (κ2) is 7.19. The van der Waals surface area contributed by atoms with E-state index in [0.29, 0.717) is 35.9 Å². The van der Waals surface area contributed by atoms with Crippen molar-refractivity contribution in [1.82, 2.24) is 0 Å². The molecule has 0 unspecified atom stereocenters. The van der Waals surface area contributed by atoms with E-state index in [2.05, 4.69) is 46.8 Å². The molecule has 0 fully saturated rings. The number of phenolic OH excluding ortho intramolecular Hbond substituents is 2. The summed E-state index contributed by atoms with van der Waals surface area (Å²) in [6, 6.07) is 0. The van der Waals surface area contributed by atoms with Gasteiger partial charge in [-0.3, -0.25) is 9.59 Å². The number of allylic oxidation sites excluding steroid dienone is 1. The molecule has 4 atom stereocenters. The molecule has 0 saturated carbocycles. The van der Waals surface area contributed by atoms with Crippen molar-refractivity contribution >= 4 is 12.6 Å². The average molecular weight is 401 g/mol. The van der Waals surface area contributed by atoms with Crippen LogP contribution in [0.1, 0.15) is 86.6 Å². The van der Waals surface area contributed by atoms with Gasteiger partial charge in [-0.15, -0.1) is 0 Å². The highest BCUT2D eigenvalue weighted by molar-refractivity contribution is 5.95. The number of rotatable bonds is 5. The van der Waals surface area contributed by atoms with E-state index >= 15 is 0 Å². The molecule has 1 heterocycles. The Kier molecular flexibility index (Phi) is 5.31. The van der Waals surface area contributed by atoms with Gasteiger partial charge in [0.1, 0.15) is 22.8 Å². The molecule has 0 radical (unpaired) electrons. The van der Waals surface area contributed by atoms with Crippen LogP contribution in [0.4, 0.5) is 0 Å². The zero-order chi connectivity index (χ0) is 21.7. The minimum atomic E-state index is -0.704. The van der Waals surface area contributed by atoms with Crippen LogP contribution in [-0.4, -0.2) is 28.4 Å². The molecule has 29 heavy (non-hydrogen) atoms. The summed E-state index contributed by atoms with van der Waals surface area (Å²) in [6.07, 6.45) is 6.79. The molecule has 2 aliphatic rings. The van der Waals surface area contributed by atoms with Gasteiger partial charge in [0.15, 0.2) is 12.6 Å². The maximum Gasteiger partial charge on any atom is 0.157 e. The Morgan fingerprint density at radius 2 is 1.72 bits per heavy atom. The van der Waals surface area contributed by atoms with Gasteiger partial charge >= 0.3 is 0 Å². The summed E-state index contributed by atoms with van der Waals surface area (Å²) in [4.78, 5) is 23.4. The summed E-state index contributed by atoms with van der Waals surface area (Å²) in [5.41, 5.74) is -0.913. The van der Waals surface area contributed by atoms with Crippen molar-refractivity contribution in [3.05, 3.63) is 28.8 Å². The Balaban J connectivity index is 2.35. The Bertz CT molecular complexity index is 869. The number of fused-ring (bicyclic) bond motifs is 2. The van der Waals surface area contributed by atoms with Crippen LogP contribution in [0.15, 0.2) is 12.2 Å². The SMILES string of the molecule is CC(C)C[C@H]1c2c(O)c(C=O)c(O)c(C=O)c2O[C@]2(C)C=C[C@H](C(C)C)C[C@]12C. The van der Waals surface area contributed by atoms with Crippen LogP contribution in [0.3, 0.4) is 0 Å². The molecule has 0 bridgehead atoms. The van der Waals surface area contributed by atoms with Crippen LogP contribution in [0.5, 0.6) is 17.2 Å². The summed E-state index contributed by atoms with van der Waals surface area (Å²) < 4.78 is 6.40. The van der Waals surface area contributed by atoms with Crippen LogP contribution >= 0.6 is 0 Å². The van der Waals surface area contributed by atoms with E-state index in [-0.39, 0.29) is 34.0 Å². The number of benzene rings is 1. The molecule has 0 spiro atoms. The molecule has 0 amide bonds. The number of hydrogen-bond acceptors (Lipinski definition) is 5. The molecule has 1 aromatic rings. The largest absolute Gasteiger partial charge is 0.507 e. The molecule has 1 aliphatic heterocycles. The van der Waals surface area contributed by atoms with Gasteiger partial charge in [0.05, 0.1) is 11.1 Å². The van der Waals surface area contributed by atoms with Crippen molar-refractivity contribution in [3.63, 3.8) is 0 Å². The molecule has 5 heteroatoms. The van der Waals surface area contributed by atoms with Gasteiger partial charge in [-0.1, -0.05) is 40.7 Å². The Hall–Kier alpha value is -2.30. The highest BCUT2D eigenvalue weighted by Crippen LogP contribution is 2.64. The fourth-order valence-electron chi connectivity index (χ4n) is 5.15. The molecule has 5 nitrogen and oxygen atoms in total. The Morgan fingerprint density at radius 1 is 1.10 bits per heavy atom. The highest BCUT2D eigenvalue weighted by atomic mass is 16.5. The smallest absolute Gasteiger partial charge is 0.157 e. The van der Waals surface area contributed by atoms with Gasteiger partial charge in [-0.25, -0.2) is 0 Å². The summed E-state index contributed by atoms with van der Waals surface area (Å²) in [5, 5.41) is 21.4. The zero-order valence-electron chi connectivity index (χ0n) is 18.2. The first-order valence-electron chi connectivity index (χ1n) is 10.4. The predicted octanol–water partition coefficient (Wildman–Crippen LogP) is 5.24. The fraction of sp³-hybridized carbons (Fsp3) is 0.583. The molecule has 0 saturated heterocycles. The van der Waals surface area contributed by atoms with E-state index < -0.39 is 11.4 Å². The van der Waals surface area contributed by atoms with Crippen LogP contribution < -0.4 is 4.74 Å². The number of carbonyl (C=O) groups is 2. The van der Waals surface area contributed by atoms with Crippen molar-refractivity contribution in [1.29, 1.82) is 0 Å². The summed E-state index contributed by atoms with van der Waals surface area (Å²) in [6.45, 7) is 12.8. The average Bonchev–Trinajstić information content (AvgIpc) is 2.62. The number of phenols is 2. The third-order valence-corrected chi connectivity index (χ3v) is 7.20. The molecule has 3 rings (SSSR count). The number of aldehydes is 2. The second-order valence-electron chi connectivity index (χ2n) is 9.78. The number of aromatic hydroxyl groups is 2. The summed E-state index contributed by atoms with van der Waals surface area (Å²) in [5.74, 6) is 0.396. The molecule has 1 aliphatic carbocycles. The van der Waals surface area contributed by atoms with Crippen molar-refractivity contribution in [2.24, 2.45) is 23.2 Å². The first-order valence-corrected chi connectivity index (χ1v) is 10.4. The normalized spacial score (nSPS) is 30.6. The van der Waals surface area contributed by atoms with Crippen LogP contribution in [-0.2, 0) is 0 Å². The van der Waals surface area contributed by atoms with Gasteiger partial charge in [0.2, 0.25) is 0 Å². The van der Waals surface area contributed by atoms with E-state index in [0.717, 1.165) is 12.8 Å². The van der Waals surface area contributed by atoms with E-state index in [1.165, 1.54) is 0 Å². The highest BCUT2D eigenvalue weighted by Gasteiger charge is 2.58. The zero-order valence-corrected chi connectivity index (χ0v) is 18.2. The lowest BCUT2D eigenvalue weighted by Gasteiger charge is -2.57. The lowest BCUT2D eigenvalue weighted by molar-refractivity contribution is -0.0638. The van der Waals surface area contributed by atoms with Crippen molar-refractivity contribution in [2.75, 3.05) is 0 Å². The number of ether oxygens (including phenoxy) is 1. The minimum absolute atomic E-state index is 0.0729. The summed E-state index contributed by atoms with van der Waals surface area (Å²) in [7, 11) is 0. The number of carbonyl (C=O) groups excluding carboxylic acids is 2. The molecule has 2 N–H and O–H groups in total. The molecule has 158 valence electrons. The maximum absolute atomic E-state index is 11.8. The number of hydrogen-bond donors (Lipinski definition) is 2. The van der Waals surface area contributed by atoms with Gasteiger partial charge in [-0.2, -0.15) is 0 Å². The van der Waals surface area contributed by atoms with Crippen molar-refractivity contribution in [2.45, 2.75) is 65.9 Å². The topological polar surface area (TPSA) is 83.8 Å². The first kappa shape index (κ1) is 21.4. The van der Waals surface area contributed by atoms with Gasteiger partial charge in [0, 0.05) is 16.9 Å². The maximum atomic E-state index is 11.8. The van der Waals surface area contributed by atoms with E-state index in [9.17, 15) is 19.8 Å². The van der Waals surface area contributed by atoms with Crippen molar-refractivity contribution < 1.29 is 24.5 Å². The van der Waals surface area contributed by atoms with E-state index in [4.69, 9.17) is 4.74 Å². The standard InChI is InChI=1S/C24H32O5/c1-13(2)9-18-19-21(28)16(11-25)20(27)17(12-26)22(19)29-24(6)8-7-15(14(3)4)10-23(18,24)5/h7-8,11-15,18,27-28H,9-10H2,1-6H3/t15-,18-,23+,24+/m0/s1. The van der Waals surface area contributed by atoms with Gasteiger partial charge in [-0.05, 0) is 43.6 Å². The Morgan fingerprint density at radius 3 is 2.24 bits per heavy atom. The lowest BCUT2D eigenvalue weighted by Crippen LogP contribution is -2.56. The first-order chi connectivity index (χ1) is 13.5. The lowest BCUT2D eigenvalue weighted by atomic mass is 9.53. The monoisotopic (exact) mass is 400 g/mol. The van der Waals surface area contributed by atoms with E-state index in [1.54, 1.807) is 0 Å². The van der Waals surface area contributed by atoms with Crippen LogP contribution in [0, 0.1) is 23.2 Å². The third kappa shape index (κ3) is 3.06. The minimum Gasteiger partial charge on any atom is -0.507 e. The fourth-order valence-corrected chi connectivity index (χ4v) is 5.15. The molecular formula is C24H32O5. The quantitative estimate of drug-likeness (QED) is 0.521. The Labute approximate surface area is 172 Å². The molecule has 1 aromatic carbocycles. The van der Waals surface area contributed by atoms with Crippen molar-refractivity contribution in [3.8, 4) is 17.2 Å². The van der Waals surface area contributed by atoms with Gasteiger partial charge in [0.25, 0.3) is 0 Å². The molecular weight excluding hydrogens is 368 g/mol. The summed E-state index contributed by atoms with van der Waals surface area (Å²) >= 11 is 0. The van der Waals surface area contributed by atoms with E-state index in [1.807, 2.05) is 6.92 Å². The van der Waals surface area contributed by atoms with Crippen LogP contribution in [0.2, 0.25) is 0 Å². The third-order valence-electron chi connectivity index (χ3n) is 7.20. The second-order valence-corrected chi connectivity index (χ2v) is 9.78. The van der Waals surface area contributed by atoms with Gasteiger partial charge < -0.3 is 14.9 Å².